The van der Waals surface area contributed by atoms with Crippen molar-refractivity contribution in [1.82, 2.24) is 4.57 Å². The molecule has 3 aromatic rings. The van der Waals surface area contributed by atoms with Crippen molar-refractivity contribution >= 4 is 37.5 Å². The fourth-order valence-electron chi connectivity index (χ4n) is 2.88. The maximum Gasteiger partial charge on any atom is 0.279 e. The van der Waals surface area contributed by atoms with Crippen LogP contribution in [0.2, 0.25) is 0 Å². The highest BCUT2D eigenvalue weighted by molar-refractivity contribution is 7.89. The lowest BCUT2D eigenvalue weighted by molar-refractivity contribution is 0.0997. The highest BCUT2D eigenvalue weighted by atomic mass is 32.2. The van der Waals surface area contributed by atoms with E-state index in [4.69, 9.17) is 14.6 Å². The molecule has 0 fully saturated rings. The molecule has 0 aliphatic rings. The van der Waals surface area contributed by atoms with Crippen LogP contribution < -0.4 is 19.4 Å². The zero-order chi connectivity index (χ0) is 21.2. The van der Waals surface area contributed by atoms with Crippen molar-refractivity contribution in [2.45, 2.75) is 24.8 Å². The first kappa shape index (κ1) is 21.0. The molecule has 0 unspecified atom stereocenters. The van der Waals surface area contributed by atoms with Crippen LogP contribution in [0.1, 0.15) is 23.7 Å². The fraction of sp³-hybridized carbons (Fsp3) is 0.263. The normalized spacial score (nSPS) is 12.3. The van der Waals surface area contributed by atoms with Crippen molar-refractivity contribution in [3.63, 3.8) is 0 Å². The first-order valence-electron chi connectivity index (χ1n) is 8.75. The number of aromatic nitrogens is 1. The van der Waals surface area contributed by atoms with Gasteiger partial charge in [0.25, 0.3) is 5.91 Å². The van der Waals surface area contributed by atoms with Crippen molar-refractivity contribution in [1.29, 1.82) is 0 Å². The van der Waals surface area contributed by atoms with Crippen LogP contribution in [0, 0.1) is 0 Å². The monoisotopic (exact) mass is 435 g/mol. The number of carbonyl (C=O) groups is 1. The minimum Gasteiger partial charge on any atom is -0.493 e. The maximum atomic E-state index is 12.8. The van der Waals surface area contributed by atoms with E-state index in [1.54, 1.807) is 24.3 Å². The number of methoxy groups -OCH3 is 2. The smallest absolute Gasteiger partial charge is 0.279 e. The van der Waals surface area contributed by atoms with Gasteiger partial charge >= 0.3 is 0 Å². The van der Waals surface area contributed by atoms with Gasteiger partial charge in [-0.1, -0.05) is 18.3 Å². The second-order valence-corrected chi connectivity index (χ2v) is 8.77. The van der Waals surface area contributed by atoms with Crippen molar-refractivity contribution in [2.75, 3.05) is 14.2 Å². The molecule has 0 aliphatic heterocycles. The van der Waals surface area contributed by atoms with E-state index in [9.17, 15) is 13.2 Å². The highest BCUT2D eigenvalue weighted by Gasteiger charge is 2.14. The summed E-state index contributed by atoms with van der Waals surface area (Å²) in [6.45, 7) is 2.64. The van der Waals surface area contributed by atoms with Gasteiger partial charge in [-0.15, -0.1) is 0 Å². The van der Waals surface area contributed by atoms with Gasteiger partial charge < -0.3 is 14.0 Å². The summed E-state index contributed by atoms with van der Waals surface area (Å²) < 4.78 is 36.3. The van der Waals surface area contributed by atoms with E-state index in [1.807, 2.05) is 11.5 Å². The van der Waals surface area contributed by atoms with Gasteiger partial charge in [0, 0.05) is 12.1 Å². The molecule has 10 heteroatoms. The topological polar surface area (TPSA) is 113 Å². The van der Waals surface area contributed by atoms with Crippen LogP contribution in [0.4, 0.5) is 0 Å². The van der Waals surface area contributed by atoms with Crippen LogP contribution in [0.3, 0.4) is 0 Å². The van der Waals surface area contributed by atoms with Crippen molar-refractivity contribution in [3.05, 3.63) is 46.8 Å². The molecule has 0 atom stereocenters. The molecule has 0 saturated carbocycles. The Bertz CT molecular complexity index is 1240. The zero-order valence-electron chi connectivity index (χ0n) is 16.2. The molecular formula is C19H21N3O5S2. The number of hydrogen-bond acceptors (Lipinski definition) is 6. The highest BCUT2D eigenvalue weighted by Crippen LogP contribution is 2.28. The van der Waals surface area contributed by atoms with Crippen LogP contribution in [0.5, 0.6) is 11.5 Å². The Labute approximate surface area is 172 Å². The molecule has 8 nitrogen and oxygen atoms in total. The minimum absolute atomic E-state index is 0.0210. The van der Waals surface area contributed by atoms with Crippen LogP contribution >= 0.6 is 11.3 Å². The number of hydrogen-bond donors (Lipinski definition) is 1. The van der Waals surface area contributed by atoms with E-state index >= 15 is 0 Å². The van der Waals surface area contributed by atoms with Crippen molar-refractivity contribution < 1.29 is 22.7 Å². The second-order valence-electron chi connectivity index (χ2n) is 6.20. The maximum absolute atomic E-state index is 12.8. The number of carbonyl (C=O) groups excluding carboxylic acids is 1. The van der Waals surface area contributed by atoms with Gasteiger partial charge in [-0.2, -0.15) is 4.99 Å². The summed E-state index contributed by atoms with van der Waals surface area (Å²) in [5.74, 6) is 0.514. The third-order valence-corrected chi connectivity index (χ3v) is 6.21. The van der Waals surface area contributed by atoms with E-state index in [0.717, 1.165) is 11.9 Å². The first-order chi connectivity index (χ1) is 13.8. The Kier molecular flexibility index (Phi) is 6.06. The van der Waals surface area contributed by atoms with Crippen molar-refractivity contribution in [3.8, 4) is 11.5 Å². The molecule has 1 aromatic heterocycles. The number of benzene rings is 2. The third kappa shape index (κ3) is 4.34. The number of thiazole rings is 1. The lowest BCUT2D eigenvalue weighted by atomic mass is 10.2. The van der Waals surface area contributed by atoms with Gasteiger partial charge in [0.15, 0.2) is 16.3 Å². The Balaban J connectivity index is 2.13. The SMILES string of the molecule is CCCn1c(=NC(=O)c2ccc(OC)c(OC)c2)sc2cc(S(N)(=O)=O)ccc21. The Hall–Kier alpha value is -2.69. The zero-order valence-corrected chi connectivity index (χ0v) is 17.8. The summed E-state index contributed by atoms with van der Waals surface area (Å²) in [7, 11) is -0.805. The van der Waals surface area contributed by atoms with Crippen LogP contribution in [0.25, 0.3) is 10.2 Å². The molecule has 2 N–H and O–H groups in total. The van der Waals surface area contributed by atoms with Gasteiger partial charge in [0.05, 0.1) is 29.3 Å². The summed E-state index contributed by atoms with van der Waals surface area (Å²) >= 11 is 1.23. The molecule has 29 heavy (non-hydrogen) atoms. The molecule has 0 spiro atoms. The number of fused-ring (bicyclic) bond motifs is 1. The Morgan fingerprint density at radius 1 is 1.14 bits per heavy atom. The van der Waals surface area contributed by atoms with Gasteiger partial charge in [0.1, 0.15) is 0 Å². The Morgan fingerprint density at radius 3 is 2.48 bits per heavy atom. The lowest BCUT2D eigenvalue weighted by Crippen LogP contribution is -2.17. The summed E-state index contributed by atoms with van der Waals surface area (Å²) in [4.78, 5) is 17.5. The fourth-order valence-corrected chi connectivity index (χ4v) is 4.58. The average molecular weight is 436 g/mol. The number of nitrogens with zero attached hydrogens (tertiary/aromatic N) is 2. The summed E-state index contributed by atoms with van der Waals surface area (Å²) in [5.41, 5.74) is 1.15. The Morgan fingerprint density at radius 2 is 1.86 bits per heavy atom. The van der Waals surface area contributed by atoms with Gasteiger partial charge in [-0.3, -0.25) is 4.79 Å². The van der Waals surface area contributed by atoms with Crippen molar-refractivity contribution in [2.24, 2.45) is 10.1 Å². The number of aryl methyl sites for hydroxylation is 1. The number of amides is 1. The molecule has 1 heterocycles. The number of primary sulfonamides is 1. The number of nitrogens with two attached hydrogens (primary N) is 1. The predicted molar refractivity (Wildman–Crippen MR) is 111 cm³/mol. The number of sulfonamides is 1. The van der Waals surface area contributed by atoms with E-state index in [1.165, 1.54) is 37.7 Å². The summed E-state index contributed by atoms with van der Waals surface area (Å²) in [6.07, 6.45) is 0.820. The van der Waals surface area contributed by atoms with E-state index in [0.29, 0.717) is 33.1 Å². The average Bonchev–Trinajstić information content (AvgIpc) is 3.03. The van der Waals surface area contributed by atoms with E-state index < -0.39 is 15.9 Å². The standard InChI is InChI=1S/C19H21N3O5S2/c1-4-9-22-14-7-6-13(29(20,24)25)11-17(14)28-19(22)21-18(23)12-5-8-15(26-2)16(10-12)27-3/h5-8,10-11H,4,9H2,1-3H3,(H2,20,24,25). The molecule has 1 amide bonds. The van der Waals surface area contributed by atoms with Gasteiger partial charge in [0.2, 0.25) is 10.0 Å². The predicted octanol–water partition coefficient (Wildman–Crippen LogP) is 2.52. The molecule has 154 valence electrons. The van der Waals surface area contributed by atoms with Gasteiger partial charge in [-0.05, 0) is 42.8 Å². The molecule has 0 aliphatic carbocycles. The van der Waals surface area contributed by atoms with E-state index in [2.05, 4.69) is 4.99 Å². The molecule has 0 bridgehead atoms. The minimum atomic E-state index is -3.82. The summed E-state index contributed by atoms with van der Waals surface area (Å²) in [5, 5.41) is 5.23. The third-order valence-electron chi connectivity index (χ3n) is 4.26. The largest absolute Gasteiger partial charge is 0.493 e. The second kappa shape index (κ2) is 8.36. The lowest BCUT2D eigenvalue weighted by Gasteiger charge is -2.07. The molecule has 0 radical (unpaired) electrons. The molecule has 0 saturated heterocycles. The number of ether oxygens (including phenoxy) is 2. The van der Waals surface area contributed by atoms with Crippen LogP contribution in [0.15, 0.2) is 46.3 Å². The van der Waals surface area contributed by atoms with Crippen LogP contribution in [-0.2, 0) is 16.6 Å². The first-order valence-corrected chi connectivity index (χ1v) is 11.1. The van der Waals surface area contributed by atoms with Gasteiger partial charge in [-0.25, -0.2) is 13.6 Å². The summed E-state index contributed by atoms with van der Waals surface area (Å²) in [6, 6.07) is 9.47. The molecular weight excluding hydrogens is 414 g/mol. The molecule has 2 aromatic carbocycles. The van der Waals surface area contributed by atoms with E-state index in [-0.39, 0.29) is 4.90 Å². The molecule has 3 rings (SSSR count). The number of rotatable bonds is 6. The van der Waals surface area contributed by atoms with Crippen LogP contribution in [-0.4, -0.2) is 33.1 Å². The quantitative estimate of drug-likeness (QED) is 0.639.